The zero-order chi connectivity index (χ0) is 22.9. The number of primary amides is 1. The summed E-state index contributed by atoms with van der Waals surface area (Å²) in [6.45, 7) is 3.14. The molecule has 2 N–H and O–H groups in total. The van der Waals surface area contributed by atoms with Crippen molar-refractivity contribution in [1.29, 1.82) is 0 Å². The maximum atomic E-state index is 12.3. The fourth-order valence-corrected chi connectivity index (χ4v) is 4.47. The molecule has 0 aliphatic heterocycles. The number of fused-ring (bicyclic) bond motifs is 3. The lowest BCUT2D eigenvalue weighted by atomic mass is 10.0. The van der Waals surface area contributed by atoms with Gasteiger partial charge in [-0.15, -0.1) is 0 Å². The molecule has 0 atom stereocenters. The molecule has 0 aliphatic carbocycles. The van der Waals surface area contributed by atoms with E-state index in [9.17, 15) is 4.79 Å². The molecule has 5 heteroatoms. The summed E-state index contributed by atoms with van der Waals surface area (Å²) in [4.78, 5) is 12.3. The molecule has 5 rings (SSSR count). The van der Waals surface area contributed by atoms with Crippen molar-refractivity contribution in [3.63, 3.8) is 0 Å². The second-order valence-corrected chi connectivity index (χ2v) is 8.28. The first kappa shape index (κ1) is 21.1. The lowest BCUT2D eigenvalue weighted by Crippen LogP contribution is -2.11. The monoisotopic (exact) mass is 453 g/mol. The van der Waals surface area contributed by atoms with E-state index in [4.69, 9.17) is 22.1 Å². The van der Waals surface area contributed by atoms with E-state index in [1.54, 1.807) is 6.07 Å². The van der Waals surface area contributed by atoms with Crippen LogP contribution in [-0.4, -0.2) is 17.1 Å². The molecule has 0 aliphatic rings. The van der Waals surface area contributed by atoms with Crippen LogP contribution in [0.25, 0.3) is 32.9 Å². The number of ether oxygens (including phenoxy) is 1. The molecule has 4 nitrogen and oxygen atoms in total. The average molecular weight is 454 g/mol. The first-order valence-electron chi connectivity index (χ1n) is 10.8. The Labute approximate surface area is 197 Å². The molecule has 0 saturated heterocycles. The number of carbonyl (C=O) groups excluding carboxylic acids is 1. The number of nitrogens with two attached hydrogens (primary N) is 1. The van der Waals surface area contributed by atoms with Gasteiger partial charge in [-0.2, -0.15) is 0 Å². The van der Waals surface area contributed by atoms with E-state index >= 15 is 0 Å². The van der Waals surface area contributed by atoms with Gasteiger partial charge >= 0.3 is 0 Å². The van der Waals surface area contributed by atoms with E-state index in [-0.39, 0.29) is 0 Å². The van der Waals surface area contributed by atoms with Crippen LogP contribution in [0, 0.1) is 6.07 Å². The smallest absolute Gasteiger partial charge is 0.249 e. The first-order valence-corrected chi connectivity index (χ1v) is 11.2. The number of hydrogen-bond acceptors (Lipinski definition) is 2. The Morgan fingerprint density at radius 1 is 1.00 bits per heavy atom. The van der Waals surface area contributed by atoms with E-state index in [1.165, 1.54) is 0 Å². The van der Waals surface area contributed by atoms with Crippen molar-refractivity contribution in [3.05, 3.63) is 101 Å². The van der Waals surface area contributed by atoms with Gasteiger partial charge in [0, 0.05) is 26.9 Å². The van der Waals surface area contributed by atoms with Crippen LogP contribution in [0.2, 0.25) is 5.02 Å². The quantitative estimate of drug-likeness (QED) is 0.320. The summed E-state index contributed by atoms with van der Waals surface area (Å²) >= 11 is 6.08. The van der Waals surface area contributed by atoms with E-state index in [2.05, 4.69) is 22.8 Å². The van der Waals surface area contributed by atoms with Gasteiger partial charge in [-0.1, -0.05) is 48.0 Å². The number of para-hydroxylation sites is 1. The van der Waals surface area contributed by atoms with Gasteiger partial charge in [0.25, 0.3) is 0 Å². The fraction of sp³-hybridized carbons (Fsp3) is 0.107. The van der Waals surface area contributed by atoms with Gasteiger partial charge < -0.3 is 15.0 Å². The van der Waals surface area contributed by atoms with Crippen molar-refractivity contribution in [2.75, 3.05) is 6.61 Å². The summed E-state index contributed by atoms with van der Waals surface area (Å²) in [6.07, 6.45) is 0. The lowest BCUT2D eigenvalue weighted by Gasteiger charge is -2.13. The highest BCUT2D eigenvalue weighted by atomic mass is 35.5. The van der Waals surface area contributed by atoms with Crippen molar-refractivity contribution in [1.82, 2.24) is 4.57 Å². The molecule has 0 saturated carbocycles. The predicted molar refractivity (Wildman–Crippen MR) is 134 cm³/mol. The largest absolute Gasteiger partial charge is 0.494 e. The minimum Gasteiger partial charge on any atom is -0.494 e. The number of amides is 1. The van der Waals surface area contributed by atoms with E-state index in [0.717, 1.165) is 44.2 Å². The Balaban J connectivity index is 1.78. The summed E-state index contributed by atoms with van der Waals surface area (Å²) in [5.41, 5.74) is 11.2. The molecule has 1 heterocycles. The number of nitrogens with zero attached hydrogens (tertiary/aromatic N) is 1. The second kappa shape index (κ2) is 8.64. The number of benzene rings is 4. The number of rotatable bonds is 6. The van der Waals surface area contributed by atoms with Crippen molar-refractivity contribution in [3.8, 4) is 16.9 Å². The van der Waals surface area contributed by atoms with E-state index in [0.29, 0.717) is 23.7 Å². The topological polar surface area (TPSA) is 57.2 Å². The fourth-order valence-electron chi connectivity index (χ4n) is 4.34. The van der Waals surface area contributed by atoms with Crippen LogP contribution in [0.1, 0.15) is 22.8 Å². The van der Waals surface area contributed by atoms with Crippen molar-refractivity contribution >= 4 is 39.3 Å². The minimum absolute atomic E-state index is 0.454. The van der Waals surface area contributed by atoms with Crippen LogP contribution >= 0.6 is 11.6 Å². The number of hydrogen-bond donors (Lipinski definition) is 1. The zero-order valence-corrected chi connectivity index (χ0v) is 18.9. The summed E-state index contributed by atoms with van der Waals surface area (Å²) in [6, 6.07) is 28.9. The summed E-state index contributed by atoms with van der Waals surface area (Å²) in [5.74, 6) is 0.392. The maximum Gasteiger partial charge on any atom is 0.249 e. The van der Waals surface area contributed by atoms with E-state index < -0.39 is 5.91 Å². The zero-order valence-electron chi connectivity index (χ0n) is 18.1. The Kier molecular flexibility index (Phi) is 5.53. The Hall–Kier alpha value is -3.76. The standard InChI is InChI=1S/C28H22ClN2O2/c1-2-33-26-9-4-3-6-20(26)17-31-24-8-5-7-23(28(30)32)27(24)22-15-12-19(16-25(22)31)18-10-13-21(29)14-11-18/h3-14,16H,2,17H2,1H3,(H2,30,32). The van der Waals surface area contributed by atoms with Crippen molar-refractivity contribution in [2.45, 2.75) is 13.5 Å². The number of halogens is 1. The van der Waals surface area contributed by atoms with Gasteiger partial charge in [-0.05, 0) is 66.6 Å². The van der Waals surface area contributed by atoms with E-state index in [1.807, 2.05) is 67.6 Å². The van der Waals surface area contributed by atoms with Crippen LogP contribution in [0.15, 0.2) is 78.9 Å². The van der Waals surface area contributed by atoms with Crippen LogP contribution in [0.3, 0.4) is 0 Å². The predicted octanol–water partition coefficient (Wildman–Crippen LogP) is 6.46. The van der Waals surface area contributed by atoms with Crippen LogP contribution < -0.4 is 10.5 Å². The third-order valence-corrected chi connectivity index (χ3v) is 6.09. The van der Waals surface area contributed by atoms with Gasteiger partial charge in [0.05, 0.1) is 24.2 Å². The molecule has 0 spiro atoms. The minimum atomic E-state index is -0.454. The average Bonchev–Trinajstić information content (AvgIpc) is 3.14. The number of aromatic nitrogens is 1. The highest BCUT2D eigenvalue weighted by Crippen LogP contribution is 2.35. The van der Waals surface area contributed by atoms with Crippen molar-refractivity contribution < 1.29 is 9.53 Å². The highest BCUT2D eigenvalue weighted by molar-refractivity contribution is 6.30. The maximum absolute atomic E-state index is 12.3. The SMILES string of the molecule is CCOc1ccccc1Cn1c2cc(-c3ccc(Cl)cc3)c[c]c2c2c(C(N)=O)cccc21. The van der Waals surface area contributed by atoms with Gasteiger partial charge in [0.1, 0.15) is 5.75 Å². The van der Waals surface area contributed by atoms with Crippen molar-refractivity contribution in [2.24, 2.45) is 5.73 Å². The van der Waals surface area contributed by atoms with Gasteiger partial charge in [0.15, 0.2) is 0 Å². The molecule has 0 bridgehead atoms. The molecule has 163 valence electrons. The van der Waals surface area contributed by atoms with Gasteiger partial charge in [0.2, 0.25) is 5.91 Å². The molecule has 0 unspecified atom stereocenters. The normalized spacial score (nSPS) is 11.2. The van der Waals surface area contributed by atoms with Crippen LogP contribution in [0.5, 0.6) is 5.75 Å². The number of carbonyl (C=O) groups is 1. The summed E-state index contributed by atoms with van der Waals surface area (Å²) < 4.78 is 8.07. The van der Waals surface area contributed by atoms with Gasteiger partial charge in [-0.25, -0.2) is 0 Å². The second-order valence-electron chi connectivity index (χ2n) is 7.85. The molecule has 4 aromatic carbocycles. The molecule has 1 amide bonds. The van der Waals surface area contributed by atoms with Crippen LogP contribution in [-0.2, 0) is 6.54 Å². The Bertz CT molecular complexity index is 1490. The molecule has 1 aromatic heterocycles. The Morgan fingerprint density at radius 3 is 2.55 bits per heavy atom. The molecule has 0 fully saturated rings. The van der Waals surface area contributed by atoms with Gasteiger partial charge in [-0.3, -0.25) is 4.79 Å². The van der Waals surface area contributed by atoms with Crippen LogP contribution in [0.4, 0.5) is 0 Å². The molecule has 1 radical (unpaired) electrons. The molecule has 5 aromatic rings. The summed E-state index contributed by atoms with van der Waals surface area (Å²) in [5, 5.41) is 2.37. The molecule has 33 heavy (non-hydrogen) atoms. The highest BCUT2D eigenvalue weighted by Gasteiger charge is 2.18. The molecular weight excluding hydrogens is 432 g/mol. The molecular formula is C28H22ClN2O2. The summed E-state index contributed by atoms with van der Waals surface area (Å²) in [7, 11) is 0. The Morgan fingerprint density at radius 2 is 1.79 bits per heavy atom. The lowest BCUT2D eigenvalue weighted by molar-refractivity contribution is 0.100. The first-order chi connectivity index (χ1) is 16.1. The third kappa shape index (κ3) is 3.83. The third-order valence-electron chi connectivity index (χ3n) is 5.84.